The van der Waals surface area contributed by atoms with Crippen LogP contribution >= 0.6 is 0 Å². The molecule has 12 heteroatoms. The number of anilines is 1. The maximum atomic E-state index is 12.1. The number of aromatic nitrogens is 2. The number of nitrogens with one attached hydrogen (secondary N) is 1. The van der Waals surface area contributed by atoms with Gasteiger partial charge in [0.05, 0.1) is 12.6 Å². The minimum atomic E-state index is -1.36. The minimum absolute atomic E-state index is 0. The molecule has 6 N–H and O–H groups in total. The smallest absolute Gasteiger partial charge is 0.548 e. The third-order valence-electron chi connectivity index (χ3n) is 4.17. The molecule has 11 nitrogen and oxygen atoms in total. The van der Waals surface area contributed by atoms with Crippen molar-refractivity contribution in [2.45, 2.75) is 49.8 Å². The van der Waals surface area contributed by atoms with Crippen LogP contribution in [0, 0.1) is 0 Å². The van der Waals surface area contributed by atoms with E-state index in [0.29, 0.717) is 31.6 Å². The third-order valence-corrected chi connectivity index (χ3v) is 4.17. The normalized spacial score (nSPS) is 25.6. The molecule has 146 valence electrons. The number of rotatable bonds is 9. The average Bonchev–Trinajstić information content (AvgIpc) is 2.89. The van der Waals surface area contributed by atoms with E-state index in [4.69, 9.17) is 15.6 Å². The topological polar surface area (TPSA) is 183 Å². The van der Waals surface area contributed by atoms with Gasteiger partial charge in [0, 0.05) is 18.8 Å². The van der Waals surface area contributed by atoms with Crippen molar-refractivity contribution in [3.05, 3.63) is 22.7 Å². The van der Waals surface area contributed by atoms with Gasteiger partial charge in [-0.1, -0.05) is 0 Å². The van der Waals surface area contributed by atoms with E-state index in [1.807, 2.05) is 0 Å². The van der Waals surface area contributed by atoms with E-state index in [1.54, 1.807) is 0 Å². The van der Waals surface area contributed by atoms with Gasteiger partial charge in [-0.3, -0.25) is 4.57 Å². The second-order valence-corrected chi connectivity index (χ2v) is 6.08. The molecule has 1 fully saturated rings. The Labute approximate surface area is 177 Å². The molecule has 0 amide bonds. The summed E-state index contributed by atoms with van der Waals surface area (Å²) in [7, 11) is 0. The van der Waals surface area contributed by atoms with Gasteiger partial charge in [0.15, 0.2) is 6.23 Å². The molecule has 0 spiro atoms. The number of hydrogen-bond donors (Lipinski definition) is 5. The molecule has 0 aliphatic carbocycles. The van der Waals surface area contributed by atoms with Crippen LogP contribution in [-0.4, -0.2) is 68.3 Å². The van der Waals surface area contributed by atoms with Crippen LogP contribution in [0.2, 0.25) is 0 Å². The first-order valence-corrected chi connectivity index (χ1v) is 8.27. The predicted molar refractivity (Wildman–Crippen MR) is 86.8 cm³/mol. The van der Waals surface area contributed by atoms with Crippen LogP contribution < -0.4 is 51.4 Å². The first kappa shape index (κ1) is 24.0. The van der Waals surface area contributed by atoms with Gasteiger partial charge >= 0.3 is 35.2 Å². The first-order chi connectivity index (χ1) is 12.3. The zero-order valence-corrected chi connectivity index (χ0v) is 17.0. The number of aliphatic hydroxyl groups excluding tert-OH is 3. The number of nitrogens with two attached hydrogens (primary N) is 1. The Hall–Kier alpha value is -1.05. The molecule has 0 saturated carbocycles. The van der Waals surface area contributed by atoms with Gasteiger partial charge in [-0.05, 0) is 25.3 Å². The number of carbonyl (C=O) groups excluding carboxylic acids is 1. The number of carboxylic acid groups (broad SMARTS) is 1. The molecule has 1 saturated heterocycles. The number of hydrogen-bond acceptors (Lipinski definition) is 10. The first-order valence-electron chi connectivity index (χ1n) is 8.27. The summed E-state index contributed by atoms with van der Waals surface area (Å²) >= 11 is 0. The van der Waals surface area contributed by atoms with Gasteiger partial charge in [0.25, 0.3) is 0 Å². The predicted octanol–water partition coefficient (Wildman–Crippen LogP) is -6.48. The molecule has 0 aromatic carbocycles. The Morgan fingerprint density at radius 2 is 2.11 bits per heavy atom. The molecule has 1 aromatic heterocycles. The molecule has 2 rings (SSSR count). The van der Waals surface area contributed by atoms with Crippen molar-refractivity contribution >= 4 is 11.8 Å². The van der Waals surface area contributed by atoms with Crippen LogP contribution in [-0.2, 0) is 9.53 Å². The fourth-order valence-corrected chi connectivity index (χ4v) is 2.64. The summed E-state index contributed by atoms with van der Waals surface area (Å²) in [5.74, 6) is -0.977. The van der Waals surface area contributed by atoms with Crippen LogP contribution in [0.25, 0.3) is 0 Å². The zero-order chi connectivity index (χ0) is 19.3. The van der Waals surface area contributed by atoms with Crippen molar-refractivity contribution < 1.29 is 59.5 Å². The number of nitrogens with zero attached hydrogens (tertiary/aromatic N) is 2. The Bertz CT molecular complexity index is 674. The molecule has 2 heterocycles. The quantitative estimate of drug-likeness (QED) is 0.199. The maximum absolute atomic E-state index is 12.1. The molecular weight excluding hydrogens is 371 g/mol. The summed E-state index contributed by atoms with van der Waals surface area (Å²) < 4.78 is 6.32. The summed E-state index contributed by atoms with van der Waals surface area (Å²) in [6, 6.07) is 0.510. The van der Waals surface area contributed by atoms with Crippen molar-refractivity contribution in [1.29, 1.82) is 0 Å². The Morgan fingerprint density at radius 3 is 2.67 bits per heavy atom. The largest absolute Gasteiger partial charge is 1.00 e. The van der Waals surface area contributed by atoms with Gasteiger partial charge in [-0.2, -0.15) is 4.98 Å². The second kappa shape index (κ2) is 11.1. The second-order valence-electron chi connectivity index (χ2n) is 6.08. The van der Waals surface area contributed by atoms with Crippen molar-refractivity contribution in [2.75, 3.05) is 18.5 Å². The van der Waals surface area contributed by atoms with Gasteiger partial charge in [-0.15, -0.1) is 0 Å². The molecule has 0 bridgehead atoms. The number of carboxylic acids is 1. The summed E-state index contributed by atoms with van der Waals surface area (Å²) in [4.78, 5) is 26.4. The molecule has 1 aromatic rings. The number of carbonyl (C=O) groups is 1. The molecule has 5 atom stereocenters. The van der Waals surface area contributed by atoms with Crippen molar-refractivity contribution in [2.24, 2.45) is 5.73 Å². The number of unbranched alkanes of at least 4 members (excludes halogenated alkanes) is 1. The number of aliphatic carboxylic acids is 1. The van der Waals surface area contributed by atoms with E-state index in [-0.39, 0.29) is 29.6 Å². The fraction of sp³-hybridized carbons (Fsp3) is 0.667. The van der Waals surface area contributed by atoms with E-state index >= 15 is 0 Å². The third kappa shape index (κ3) is 6.22. The molecule has 0 radical (unpaired) electrons. The monoisotopic (exact) mass is 394 g/mol. The van der Waals surface area contributed by atoms with Crippen LogP contribution in [0.3, 0.4) is 0 Å². The molecule has 5 unspecified atom stereocenters. The van der Waals surface area contributed by atoms with E-state index < -0.39 is 48.8 Å². The van der Waals surface area contributed by atoms with Crippen molar-refractivity contribution in [1.82, 2.24) is 9.55 Å². The molecule has 1 aliphatic heterocycles. The Balaban J connectivity index is 0.00000364. The van der Waals surface area contributed by atoms with E-state index in [0.717, 1.165) is 4.57 Å². The average molecular weight is 394 g/mol. The van der Waals surface area contributed by atoms with E-state index in [9.17, 15) is 24.9 Å². The van der Waals surface area contributed by atoms with Crippen LogP contribution in [0.15, 0.2) is 17.1 Å². The fourth-order valence-electron chi connectivity index (χ4n) is 2.64. The van der Waals surface area contributed by atoms with Crippen molar-refractivity contribution in [3.8, 4) is 0 Å². The van der Waals surface area contributed by atoms with Gasteiger partial charge < -0.3 is 41.0 Å². The summed E-state index contributed by atoms with van der Waals surface area (Å²) in [5.41, 5.74) is 4.65. The van der Waals surface area contributed by atoms with Gasteiger partial charge in [0.2, 0.25) is 0 Å². The summed E-state index contributed by atoms with van der Waals surface area (Å²) in [6.07, 6.45) is -1.92. The van der Waals surface area contributed by atoms with Crippen LogP contribution in [0.4, 0.5) is 5.82 Å². The van der Waals surface area contributed by atoms with E-state index in [2.05, 4.69) is 10.3 Å². The van der Waals surface area contributed by atoms with Crippen LogP contribution in [0.5, 0.6) is 0 Å². The summed E-state index contributed by atoms with van der Waals surface area (Å²) in [5, 5.41) is 42.2. The Morgan fingerprint density at radius 1 is 1.41 bits per heavy atom. The van der Waals surface area contributed by atoms with Gasteiger partial charge in [0.1, 0.15) is 24.1 Å². The van der Waals surface area contributed by atoms with E-state index in [1.165, 1.54) is 12.3 Å². The minimum Gasteiger partial charge on any atom is -0.548 e. The standard InChI is InChI=1S/C15H24N4O7.Na/c16-8(14(23)24)3-1-2-5-17-10-4-6-19(15(25)18-10)13-12(22)11(21)9(7-20)26-13;/h4,6,8-9,11-13,20-22H,1-3,5,7,16H2,(H,23,24)(H,17,18,25);/q;+1/p-1. The maximum Gasteiger partial charge on any atom is 1.00 e. The number of ether oxygens (including phenoxy) is 1. The van der Waals surface area contributed by atoms with Crippen LogP contribution in [0.1, 0.15) is 25.5 Å². The molecular formula is C15H23N4NaO7. The Kier molecular flexibility index (Phi) is 9.84. The molecule has 1 aliphatic rings. The number of aliphatic hydroxyl groups is 3. The SMILES string of the molecule is NC(CCCCNc1ccn(C2OC(CO)C(O)C2O)c(=O)n1)C(=O)[O-].[Na+]. The summed E-state index contributed by atoms with van der Waals surface area (Å²) in [6.45, 7) is -0.0256. The van der Waals surface area contributed by atoms with Crippen molar-refractivity contribution in [3.63, 3.8) is 0 Å². The molecule has 27 heavy (non-hydrogen) atoms. The van der Waals surface area contributed by atoms with Gasteiger partial charge in [-0.25, -0.2) is 4.79 Å². The zero-order valence-electron chi connectivity index (χ0n) is 15.0.